The van der Waals surface area contributed by atoms with Crippen molar-refractivity contribution in [3.8, 4) is 0 Å². The van der Waals surface area contributed by atoms with Gasteiger partial charge in [-0.15, -0.1) is 0 Å². The molecule has 0 heterocycles. The van der Waals surface area contributed by atoms with Crippen LogP contribution in [0.2, 0.25) is 0 Å². The predicted octanol–water partition coefficient (Wildman–Crippen LogP) is 4.26. The topological polar surface area (TPSA) is 12.0 Å². The van der Waals surface area contributed by atoms with Gasteiger partial charge in [0.25, 0.3) is 0 Å². The number of benzene rings is 1. The second kappa shape index (κ2) is 7.17. The zero-order valence-corrected chi connectivity index (χ0v) is 12.9. The van der Waals surface area contributed by atoms with Crippen LogP contribution in [0.3, 0.4) is 0 Å². The van der Waals surface area contributed by atoms with Crippen molar-refractivity contribution in [1.29, 1.82) is 0 Å². The van der Waals surface area contributed by atoms with Crippen molar-refractivity contribution in [2.45, 2.75) is 40.2 Å². The second-order valence-corrected chi connectivity index (χ2v) is 6.32. The fourth-order valence-electron chi connectivity index (χ4n) is 1.90. The van der Waals surface area contributed by atoms with Crippen LogP contribution in [0.4, 0.5) is 0 Å². The Bertz CT molecular complexity index is 333. The van der Waals surface area contributed by atoms with Gasteiger partial charge in [0.1, 0.15) is 0 Å². The van der Waals surface area contributed by atoms with Crippen molar-refractivity contribution in [3.63, 3.8) is 0 Å². The molecule has 0 fully saturated rings. The molecule has 1 atom stereocenters. The molecular weight excluding hydrogens is 274 g/mol. The van der Waals surface area contributed by atoms with Crippen LogP contribution in [0.5, 0.6) is 0 Å². The highest BCUT2D eigenvalue weighted by atomic mass is 79.9. The number of hydrogen-bond acceptors (Lipinski definition) is 1. The minimum atomic E-state index is 0.568. The molecule has 0 radical (unpaired) electrons. The monoisotopic (exact) mass is 297 g/mol. The molecule has 0 saturated heterocycles. The molecule has 0 amide bonds. The Morgan fingerprint density at radius 3 is 2.41 bits per heavy atom. The highest BCUT2D eigenvalue weighted by Gasteiger charge is 2.14. The molecule has 0 aromatic heterocycles. The van der Waals surface area contributed by atoms with Gasteiger partial charge in [0.05, 0.1) is 0 Å². The van der Waals surface area contributed by atoms with Crippen LogP contribution < -0.4 is 5.32 Å². The van der Waals surface area contributed by atoms with E-state index in [9.17, 15) is 0 Å². The Morgan fingerprint density at radius 2 is 1.88 bits per heavy atom. The standard InChI is InChI=1S/C15H24BrN/c1-11(2)14(10-17-12(3)4)8-13-6-5-7-15(16)9-13/h5-7,9,11-12,14,17H,8,10H2,1-4H3. The Hall–Kier alpha value is -0.340. The lowest BCUT2D eigenvalue weighted by molar-refractivity contribution is 0.349. The zero-order valence-electron chi connectivity index (χ0n) is 11.3. The first-order valence-corrected chi connectivity index (χ1v) is 7.26. The van der Waals surface area contributed by atoms with Gasteiger partial charge in [-0.3, -0.25) is 0 Å². The first kappa shape index (κ1) is 14.7. The van der Waals surface area contributed by atoms with E-state index in [1.165, 1.54) is 10.0 Å². The highest BCUT2D eigenvalue weighted by molar-refractivity contribution is 9.10. The van der Waals surface area contributed by atoms with Gasteiger partial charge >= 0.3 is 0 Å². The molecule has 0 aliphatic rings. The van der Waals surface area contributed by atoms with Gasteiger partial charge in [0.15, 0.2) is 0 Å². The molecular formula is C15H24BrN. The van der Waals surface area contributed by atoms with Gasteiger partial charge in [0, 0.05) is 10.5 Å². The number of hydrogen-bond donors (Lipinski definition) is 1. The summed E-state index contributed by atoms with van der Waals surface area (Å²) in [5.41, 5.74) is 1.42. The molecule has 1 rings (SSSR count). The molecule has 0 aliphatic heterocycles. The normalized spacial score (nSPS) is 13.4. The highest BCUT2D eigenvalue weighted by Crippen LogP contribution is 2.19. The fraction of sp³-hybridized carbons (Fsp3) is 0.600. The van der Waals surface area contributed by atoms with Crippen LogP contribution in [0, 0.1) is 11.8 Å². The van der Waals surface area contributed by atoms with Crippen molar-refractivity contribution in [2.75, 3.05) is 6.54 Å². The van der Waals surface area contributed by atoms with Crippen LogP contribution in [0.1, 0.15) is 33.3 Å². The van der Waals surface area contributed by atoms with E-state index in [0.717, 1.165) is 13.0 Å². The van der Waals surface area contributed by atoms with Crippen LogP contribution in [0.25, 0.3) is 0 Å². The summed E-state index contributed by atoms with van der Waals surface area (Å²) in [5.74, 6) is 1.41. The van der Waals surface area contributed by atoms with E-state index >= 15 is 0 Å². The number of nitrogens with one attached hydrogen (secondary N) is 1. The molecule has 0 bridgehead atoms. The summed E-state index contributed by atoms with van der Waals surface area (Å²) in [5, 5.41) is 3.55. The average Bonchev–Trinajstić information content (AvgIpc) is 2.23. The molecule has 1 aromatic rings. The second-order valence-electron chi connectivity index (χ2n) is 5.40. The van der Waals surface area contributed by atoms with Gasteiger partial charge in [0.2, 0.25) is 0 Å². The van der Waals surface area contributed by atoms with E-state index < -0.39 is 0 Å². The Balaban J connectivity index is 2.60. The largest absolute Gasteiger partial charge is 0.314 e. The van der Waals surface area contributed by atoms with Gasteiger partial charge in [-0.1, -0.05) is 55.8 Å². The summed E-state index contributed by atoms with van der Waals surface area (Å²) >= 11 is 3.54. The maximum Gasteiger partial charge on any atom is 0.0177 e. The molecule has 0 saturated carbocycles. The zero-order chi connectivity index (χ0) is 12.8. The third-order valence-electron chi connectivity index (χ3n) is 3.12. The van der Waals surface area contributed by atoms with Crippen molar-refractivity contribution in [3.05, 3.63) is 34.3 Å². The Morgan fingerprint density at radius 1 is 1.18 bits per heavy atom. The van der Waals surface area contributed by atoms with Gasteiger partial charge in [-0.2, -0.15) is 0 Å². The van der Waals surface area contributed by atoms with Gasteiger partial charge in [-0.05, 0) is 42.5 Å². The lowest BCUT2D eigenvalue weighted by atomic mass is 9.89. The average molecular weight is 298 g/mol. The molecule has 1 aromatic carbocycles. The van der Waals surface area contributed by atoms with Gasteiger partial charge < -0.3 is 5.32 Å². The van der Waals surface area contributed by atoms with Crippen LogP contribution in [0.15, 0.2) is 28.7 Å². The smallest absolute Gasteiger partial charge is 0.0177 e. The van der Waals surface area contributed by atoms with E-state index in [0.29, 0.717) is 17.9 Å². The molecule has 17 heavy (non-hydrogen) atoms. The number of halogens is 1. The third-order valence-corrected chi connectivity index (χ3v) is 3.61. The first-order valence-electron chi connectivity index (χ1n) is 6.47. The Labute approximate surface area is 114 Å². The summed E-state index contributed by atoms with van der Waals surface area (Å²) in [4.78, 5) is 0. The quantitative estimate of drug-likeness (QED) is 0.827. The predicted molar refractivity (Wildman–Crippen MR) is 79.3 cm³/mol. The number of rotatable bonds is 6. The minimum absolute atomic E-state index is 0.568. The maximum absolute atomic E-state index is 3.55. The SMILES string of the molecule is CC(C)NCC(Cc1cccc(Br)c1)C(C)C. The lowest BCUT2D eigenvalue weighted by Gasteiger charge is -2.23. The molecule has 0 spiro atoms. The molecule has 1 N–H and O–H groups in total. The Kier molecular flexibility index (Phi) is 6.21. The van der Waals surface area contributed by atoms with E-state index in [2.05, 4.69) is 73.2 Å². The summed E-state index contributed by atoms with van der Waals surface area (Å²) in [6, 6.07) is 9.21. The minimum Gasteiger partial charge on any atom is -0.314 e. The molecule has 2 heteroatoms. The van der Waals surface area contributed by atoms with E-state index in [1.807, 2.05) is 0 Å². The molecule has 1 nitrogen and oxygen atoms in total. The van der Waals surface area contributed by atoms with Crippen molar-refractivity contribution in [1.82, 2.24) is 5.32 Å². The van der Waals surface area contributed by atoms with Gasteiger partial charge in [-0.25, -0.2) is 0 Å². The lowest BCUT2D eigenvalue weighted by Crippen LogP contribution is -2.32. The molecule has 96 valence electrons. The summed E-state index contributed by atoms with van der Waals surface area (Å²) in [6.45, 7) is 10.1. The molecule has 1 unspecified atom stereocenters. The van der Waals surface area contributed by atoms with E-state index in [-0.39, 0.29) is 0 Å². The van der Waals surface area contributed by atoms with Crippen LogP contribution >= 0.6 is 15.9 Å². The summed E-state index contributed by atoms with van der Waals surface area (Å²) in [7, 11) is 0. The maximum atomic E-state index is 3.55. The van der Waals surface area contributed by atoms with E-state index in [1.54, 1.807) is 0 Å². The van der Waals surface area contributed by atoms with Crippen LogP contribution in [-0.4, -0.2) is 12.6 Å². The van der Waals surface area contributed by atoms with E-state index in [4.69, 9.17) is 0 Å². The summed E-state index contributed by atoms with van der Waals surface area (Å²) in [6.07, 6.45) is 1.15. The first-order chi connectivity index (χ1) is 7.99. The van der Waals surface area contributed by atoms with Crippen molar-refractivity contribution >= 4 is 15.9 Å². The van der Waals surface area contributed by atoms with Crippen molar-refractivity contribution < 1.29 is 0 Å². The molecule has 0 aliphatic carbocycles. The van der Waals surface area contributed by atoms with Crippen molar-refractivity contribution in [2.24, 2.45) is 11.8 Å². The van der Waals surface area contributed by atoms with Crippen LogP contribution in [-0.2, 0) is 6.42 Å². The summed E-state index contributed by atoms with van der Waals surface area (Å²) < 4.78 is 1.18. The third kappa shape index (κ3) is 5.69. The fourth-order valence-corrected chi connectivity index (χ4v) is 2.34.